The maximum absolute atomic E-state index is 12.5. The Kier molecular flexibility index (Phi) is 2.57. The lowest BCUT2D eigenvalue weighted by Gasteiger charge is -2.07. The second-order valence-corrected chi connectivity index (χ2v) is 5.46. The molecule has 21 heavy (non-hydrogen) atoms. The summed E-state index contributed by atoms with van der Waals surface area (Å²) >= 11 is 0. The van der Waals surface area contributed by atoms with E-state index in [9.17, 15) is 4.79 Å². The summed E-state index contributed by atoms with van der Waals surface area (Å²) < 4.78 is 0. The lowest BCUT2D eigenvalue weighted by Crippen LogP contribution is -2.15. The molecule has 1 atom stereocenters. The molecule has 0 spiro atoms. The third-order valence-corrected chi connectivity index (χ3v) is 4.11. The number of rotatable bonds is 2. The van der Waals surface area contributed by atoms with E-state index in [1.165, 1.54) is 5.56 Å². The highest BCUT2D eigenvalue weighted by molar-refractivity contribution is 6.04. The number of nitrogens with zero attached hydrogens (tertiary/aromatic N) is 2. The van der Waals surface area contributed by atoms with Gasteiger partial charge < -0.3 is 10.6 Å². The van der Waals surface area contributed by atoms with Crippen LogP contribution >= 0.6 is 0 Å². The highest BCUT2D eigenvalue weighted by Crippen LogP contribution is 2.36. The van der Waals surface area contributed by atoms with Crippen LogP contribution in [-0.2, 0) is 6.54 Å². The zero-order chi connectivity index (χ0) is 14.4. The Hall–Kier alpha value is -2.62. The standard InChI is InChI=1S/C17H15N3O/c18-16-14-8-12(6-7-13(14)9-19-16)17(21)20-10-15(20)11-4-2-1-3-5-11/h1-8,15H,9-10H2,(H2,18,19). The third-order valence-electron chi connectivity index (χ3n) is 4.11. The Bertz CT molecular complexity index is 752. The molecule has 2 N–H and O–H groups in total. The molecular weight excluding hydrogens is 262 g/mol. The Morgan fingerprint density at radius 1 is 1.19 bits per heavy atom. The molecule has 0 radical (unpaired) electrons. The van der Waals surface area contributed by atoms with E-state index in [0.29, 0.717) is 17.9 Å². The number of hydrogen-bond donors (Lipinski definition) is 1. The van der Waals surface area contributed by atoms with Gasteiger partial charge in [0.1, 0.15) is 5.84 Å². The number of benzene rings is 2. The van der Waals surface area contributed by atoms with Crippen molar-refractivity contribution in [3.05, 3.63) is 70.8 Å². The van der Waals surface area contributed by atoms with Crippen LogP contribution in [0.25, 0.3) is 0 Å². The third kappa shape index (κ3) is 2.00. The zero-order valence-corrected chi connectivity index (χ0v) is 11.5. The highest BCUT2D eigenvalue weighted by Gasteiger charge is 2.39. The van der Waals surface area contributed by atoms with Gasteiger partial charge >= 0.3 is 0 Å². The first kappa shape index (κ1) is 12.1. The molecule has 0 aliphatic carbocycles. The van der Waals surface area contributed by atoms with Gasteiger partial charge in [0.25, 0.3) is 5.91 Å². The molecule has 104 valence electrons. The zero-order valence-electron chi connectivity index (χ0n) is 11.5. The van der Waals surface area contributed by atoms with E-state index in [1.807, 2.05) is 41.3 Å². The van der Waals surface area contributed by atoms with Gasteiger partial charge in [0.05, 0.1) is 12.6 Å². The summed E-state index contributed by atoms with van der Waals surface area (Å²) in [6.07, 6.45) is 0. The van der Waals surface area contributed by atoms with Crippen LogP contribution in [0.15, 0.2) is 53.5 Å². The minimum Gasteiger partial charge on any atom is -0.383 e. The van der Waals surface area contributed by atoms with Gasteiger partial charge in [0, 0.05) is 17.7 Å². The Morgan fingerprint density at radius 2 is 2.00 bits per heavy atom. The molecule has 1 amide bonds. The molecule has 4 nitrogen and oxygen atoms in total. The van der Waals surface area contributed by atoms with Gasteiger partial charge in [-0.15, -0.1) is 0 Å². The van der Waals surface area contributed by atoms with E-state index in [-0.39, 0.29) is 11.9 Å². The molecule has 2 aromatic rings. The first-order chi connectivity index (χ1) is 10.2. The summed E-state index contributed by atoms with van der Waals surface area (Å²) in [5, 5.41) is 0. The molecule has 4 heteroatoms. The van der Waals surface area contributed by atoms with Crippen molar-refractivity contribution in [1.82, 2.24) is 4.90 Å². The minimum absolute atomic E-state index is 0.0614. The van der Waals surface area contributed by atoms with Crippen LogP contribution in [-0.4, -0.2) is 23.2 Å². The number of hydrogen-bond acceptors (Lipinski definition) is 3. The molecule has 1 saturated heterocycles. The Balaban J connectivity index is 1.57. The van der Waals surface area contributed by atoms with E-state index in [1.54, 1.807) is 0 Å². The van der Waals surface area contributed by atoms with Crippen molar-refractivity contribution in [1.29, 1.82) is 0 Å². The van der Waals surface area contributed by atoms with E-state index < -0.39 is 0 Å². The second-order valence-electron chi connectivity index (χ2n) is 5.46. The van der Waals surface area contributed by atoms with Crippen molar-refractivity contribution in [3.63, 3.8) is 0 Å². The molecule has 0 aromatic heterocycles. The van der Waals surface area contributed by atoms with Gasteiger partial charge in [-0.05, 0) is 23.3 Å². The Labute approximate surface area is 122 Å². The van der Waals surface area contributed by atoms with Crippen LogP contribution in [0.4, 0.5) is 0 Å². The normalized spacial score (nSPS) is 19.1. The van der Waals surface area contributed by atoms with Crippen molar-refractivity contribution in [2.75, 3.05) is 6.54 Å². The molecule has 2 heterocycles. The van der Waals surface area contributed by atoms with Crippen molar-refractivity contribution >= 4 is 11.7 Å². The fourth-order valence-electron chi connectivity index (χ4n) is 2.83. The van der Waals surface area contributed by atoms with Crippen molar-refractivity contribution in [2.24, 2.45) is 10.7 Å². The second kappa shape index (κ2) is 4.45. The summed E-state index contributed by atoms with van der Waals surface area (Å²) in [6.45, 7) is 1.40. The first-order valence-electron chi connectivity index (χ1n) is 7.03. The lowest BCUT2D eigenvalue weighted by molar-refractivity contribution is 0.0874. The minimum atomic E-state index is 0.0614. The van der Waals surface area contributed by atoms with E-state index in [4.69, 9.17) is 5.73 Å². The van der Waals surface area contributed by atoms with Crippen LogP contribution in [0.1, 0.15) is 33.1 Å². The van der Waals surface area contributed by atoms with Crippen molar-refractivity contribution < 1.29 is 4.79 Å². The van der Waals surface area contributed by atoms with Crippen LogP contribution < -0.4 is 5.73 Å². The van der Waals surface area contributed by atoms with Gasteiger partial charge in [-0.2, -0.15) is 0 Å². The Morgan fingerprint density at radius 3 is 2.81 bits per heavy atom. The van der Waals surface area contributed by atoms with Gasteiger partial charge in [-0.1, -0.05) is 36.4 Å². The quantitative estimate of drug-likeness (QED) is 0.855. The average Bonchev–Trinajstić information content (AvgIpc) is 3.25. The van der Waals surface area contributed by atoms with Crippen molar-refractivity contribution in [3.8, 4) is 0 Å². The molecule has 2 aromatic carbocycles. The lowest BCUT2D eigenvalue weighted by atomic mass is 10.0. The summed E-state index contributed by atoms with van der Waals surface area (Å²) in [5.41, 5.74) is 9.72. The number of amidine groups is 1. The molecule has 0 saturated carbocycles. The van der Waals surface area contributed by atoms with Crippen LogP contribution in [0.5, 0.6) is 0 Å². The molecular formula is C17H15N3O. The van der Waals surface area contributed by atoms with Gasteiger partial charge in [-0.3, -0.25) is 9.79 Å². The van der Waals surface area contributed by atoms with Gasteiger partial charge in [0.2, 0.25) is 0 Å². The number of fused-ring (bicyclic) bond motifs is 1. The largest absolute Gasteiger partial charge is 0.383 e. The van der Waals surface area contributed by atoms with Crippen LogP contribution in [0.2, 0.25) is 0 Å². The molecule has 1 unspecified atom stereocenters. The predicted octanol–water partition coefficient (Wildman–Crippen LogP) is 2.10. The highest BCUT2D eigenvalue weighted by atomic mass is 16.2. The first-order valence-corrected chi connectivity index (χ1v) is 7.03. The van der Waals surface area contributed by atoms with Crippen LogP contribution in [0.3, 0.4) is 0 Å². The summed E-state index contributed by atoms with van der Waals surface area (Å²) in [5.74, 6) is 0.594. The maximum Gasteiger partial charge on any atom is 0.254 e. The molecule has 2 aliphatic rings. The van der Waals surface area contributed by atoms with Crippen molar-refractivity contribution in [2.45, 2.75) is 12.6 Å². The number of carbonyl (C=O) groups excluding carboxylic acids is 1. The van der Waals surface area contributed by atoms with Gasteiger partial charge in [-0.25, -0.2) is 0 Å². The number of aliphatic imine (C=N–C) groups is 1. The maximum atomic E-state index is 12.5. The monoisotopic (exact) mass is 277 g/mol. The van der Waals surface area contributed by atoms with E-state index >= 15 is 0 Å². The fraction of sp³-hybridized carbons (Fsp3) is 0.176. The molecule has 1 fully saturated rings. The number of nitrogens with two attached hydrogens (primary N) is 1. The number of amides is 1. The topological polar surface area (TPSA) is 58.5 Å². The smallest absolute Gasteiger partial charge is 0.254 e. The fourth-order valence-corrected chi connectivity index (χ4v) is 2.83. The SMILES string of the molecule is NC1=NCc2ccc(C(=O)N3CC3c3ccccc3)cc21. The number of carbonyl (C=O) groups is 1. The molecule has 2 aliphatic heterocycles. The summed E-state index contributed by atoms with van der Waals surface area (Å²) in [6, 6.07) is 16.0. The summed E-state index contributed by atoms with van der Waals surface area (Å²) in [4.78, 5) is 18.6. The van der Waals surface area contributed by atoms with E-state index in [0.717, 1.165) is 17.7 Å². The average molecular weight is 277 g/mol. The molecule has 4 rings (SSSR count). The van der Waals surface area contributed by atoms with Gasteiger partial charge in [0.15, 0.2) is 0 Å². The summed E-state index contributed by atoms with van der Waals surface area (Å²) in [7, 11) is 0. The predicted molar refractivity (Wildman–Crippen MR) is 81.1 cm³/mol. The molecule has 0 bridgehead atoms. The van der Waals surface area contributed by atoms with E-state index in [2.05, 4.69) is 17.1 Å². The van der Waals surface area contributed by atoms with Crippen LogP contribution in [0, 0.1) is 0 Å².